The fourth-order valence-corrected chi connectivity index (χ4v) is 2.63. The summed E-state index contributed by atoms with van der Waals surface area (Å²) in [7, 11) is -3.77. The van der Waals surface area contributed by atoms with Crippen molar-refractivity contribution in [3.63, 3.8) is 0 Å². The van der Waals surface area contributed by atoms with Gasteiger partial charge < -0.3 is 10.1 Å². The number of phenols is 1. The molecule has 0 amide bonds. The van der Waals surface area contributed by atoms with Gasteiger partial charge in [0.1, 0.15) is 10.6 Å². The van der Waals surface area contributed by atoms with Crippen LogP contribution in [0.3, 0.4) is 0 Å². The number of aromatic nitrogens is 1. The molecule has 0 saturated heterocycles. The molecule has 2 aromatic rings. The summed E-state index contributed by atoms with van der Waals surface area (Å²) in [6.45, 7) is 1.67. The van der Waals surface area contributed by atoms with E-state index in [9.17, 15) is 18.3 Å². The van der Waals surface area contributed by atoms with Crippen LogP contribution >= 0.6 is 0 Å². The van der Waals surface area contributed by atoms with Gasteiger partial charge in [-0.3, -0.25) is 9.52 Å². The number of sulfonamides is 1. The number of aryl methyl sites for hydroxylation is 1. The molecule has 100 valence electrons. The first-order chi connectivity index (χ1) is 8.88. The first-order valence-electron chi connectivity index (χ1n) is 5.40. The number of hydrogen-bond donors (Lipinski definition) is 3. The maximum atomic E-state index is 12.1. The van der Waals surface area contributed by atoms with Gasteiger partial charge >= 0.3 is 0 Å². The van der Waals surface area contributed by atoms with Crippen molar-refractivity contribution in [3.8, 4) is 5.75 Å². The van der Waals surface area contributed by atoms with Crippen LogP contribution in [0.2, 0.25) is 0 Å². The molecule has 0 saturated carbocycles. The molecule has 7 heteroatoms. The predicted molar refractivity (Wildman–Crippen MR) is 70.7 cm³/mol. The number of phenolic OH excluding ortho intramolecular Hbond substituents is 1. The normalized spacial score (nSPS) is 11.2. The SMILES string of the molecule is Cc1cc(O)ccc1NS(=O)(=O)c1ccc(=O)[nH]c1. The Morgan fingerprint density at radius 2 is 1.95 bits per heavy atom. The zero-order valence-corrected chi connectivity index (χ0v) is 10.9. The molecule has 0 fully saturated rings. The Bertz CT molecular complexity index is 745. The summed E-state index contributed by atoms with van der Waals surface area (Å²) in [6, 6.07) is 6.66. The van der Waals surface area contributed by atoms with Crippen molar-refractivity contribution in [3.05, 3.63) is 52.4 Å². The van der Waals surface area contributed by atoms with Crippen molar-refractivity contribution >= 4 is 15.7 Å². The van der Waals surface area contributed by atoms with Crippen LogP contribution in [0, 0.1) is 6.92 Å². The lowest BCUT2D eigenvalue weighted by molar-refractivity contribution is 0.475. The molecule has 0 aliphatic carbocycles. The number of H-pyrrole nitrogens is 1. The first-order valence-corrected chi connectivity index (χ1v) is 6.88. The highest BCUT2D eigenvalue weighted by Crippen LogP contribution is 2.22. The minimum atomic E-state index is -3.77. The van der Waals surface area contributed by atoms with Gasteiger partial charge in [-0.25, -0.2) is 8.42 Å². The number of benzene rings is 1. The van der Waals surface area contributed by atoms with Gasteiger partial charge in [0.05, 0.1) is 5.69 Å². The van der Waals surface area contributed by atoms with Crippen molar-refractivity contribution in [1.82, 2.24) is 4.98 Å². The monoisotopic (exact) mass is 280 g/mol. The molecule has 0 aliphatic rings. The Labute approximate surface area is 109 Å². The smallest absolute Gasteiger partial charge is 0.263 e. The van der Waals surface area contributed by atoms with E-state index < -0.39 is 10.0 Å². The number of nitrogens with one attached hydrogen (secondary N) is 2. The maximum Gasteiger partial charge on any atom is 0.263 e. The topological polar surface area (TPSA) is 99.3 Å². The van der Waals surface area contributed by atoms with E-state index in [1.165, 1.54) is 24.3 Å². The molecule has 3 N–H and O–H groups in total. The quantitative estimate of drug-likeness (QED) is 0.735. The van der Waals surface area contributed by atoms with E-state index in [0.29, 0.717) is 11.3 Å². The first kappa shape index (κ1) is 13.2. The highest BCUT2D eigenvalue weighted by molar-refractivity contribution is 7.92. The molecule has 0 aliphatic heterocycles. The van der Waals surface area contributed by atoms with E-state index in [1.807, 2.05) is 0 Å². The molecule has 1 aromatic carbocycles. The van der Waals surface area contributed by atoms with Crippen LogP contribution in [0.1, 0.15) is 5.56 Å². The average molecular weight is 280 g/mol. The largest absolute Gasteiger partial charge is 0.508 e. The zero-order chi connectivity index (χ0) is 14.0. The van der Waals surface area contributed by atoms with Crippen molar-refractivity contribution in [2.75, 3.05) is 4.72 Å². The number of hydrogen-bond acceptors (Lipinski definition) is 4. The number of anilines is 1. The summed E-state index contributed by atoms with van der Waals surface area (Å²) in [5.74, 6) is 0.0597. The maximum absolute atomic E-state index is 12.1. The van der Waals surface area contributed by atoms with Gasteiger partial charge in [-0.15, -0.1) is 0 Å². The molecule has 6 nitrogen and oxygen atoms in total. The molecule has 0 unspecified atom stereocenters. The Morgan fingerprint density at radius 1 is 1.21 bits per heavy atom. The minimum Gasteiger partial charge on any atom is -0.508 e. The molecule has 1 heterocycles. The zero-order valence-electron chi connectivity index (χ0n) is 10.0. The van der Waals surface area contributed by atoms with Crippen LogP contribution in [0.25, 0.3) is 0 Å². The predicted octanol–water partition coefficient (Wildman–Crippen LogP) is 1.19. The Hall–Kier alpha value is -2.28. The summed E-state index contributed by atoms with van der Waals surface area (Å²) in [6.07, 6.45) is 1.13. The van der Waals surface area contributed by atoms with E-state index >= 15 is 0 Å². The second-order valence-electron chi connectivity index (χ2n) is 3.99. The van der Waals surface area contributed by atoms with Crippen molar-refractivity contribution in [1.29, 1.82) is 0 Å². The van der Waals surface area contributed by atoms with Gasteiger partial charge in [0.25, 0.3) is 10.0 Å². The molecular formula is C12H12N2O4S. The van der Waals surface area contributed by atoms with Gasteiger partial charge in [-0.1, -0.05) is 0 Å². The van der Waals surface area contributed by atoms with Gasteiger partial charge in [-0.2, -0.15) is 0 Å². The van der Waals surface area contributed by atoms with E-state index in [4.69, 9.17) is 0 Å². The van der Waals surface area contributed by atoms with Crippen LogP contribution in [0.5, 0.6) is 5.75 Å². The number of pyridine rings is 1. The lowest BCUT2D eigenvalue weighted by Crippen LogP contribution is -2.15. The summed E-state index contributed by atoms with van der Waals surface area (Å²) >= 11 is 0. The van der Waals surface area contributed by atoms with Crippen molar-refractivity contribution < 1.29 is 13.5 Å². The molecule has 0 atom stereocenters. The second kappa shape index (κ2) is 4.77. The lowest BCUT2D eigenvalue weighted by Gasteiger charge is -2.10. The third-order valence-corrected chi connectivity index (χ3v) is 3.88. The molecule has 0 bridgehead atoms. The standard InChI is InChI=1S/C12H12N2O4S/c1-8-6-9(15)2-4-11(8)14-19(17,18)10-3-5-12(16)13-7-10/h2-7,14-15H,1H3,(H,13,16). The fourth-order valence-electron chi connectivity index (χ4n) is 1.53. The van der Waals surface area contributed by atoms with Gasteiger partial charge in [0, 0.05) is 12.3 Å². The van der Waals surface area contributed by atoms with Crippen LogP contribution in [0.15, 0.2) is 46.2 Å². The van der Waals surface area contributed by atoms with Crippen LogP contribution in [0.4, 0.5) is 5.69 Å². The van der Waals surface area contributed by atoms with Gasteiger partial charge in [-0.05, 0) is 36.8 Å². The van der Waals surface area contributed by atoms with Crippen LogP contribution in [-0.4, -0.2) is 18.5 Å². The lowest BCUT2D eigenvalue weighted by atomic mass is 10.2. The number of aromatic hydroxyl groups is 1. The summed E-state index contributed by atoms with van der Waals surface area (Å²) < 4.78 is 26.5. The Kier molecular flexibility index (Phi) is 3.30. The Morgan fingerprint density at radius 3 is 2.53 bits per heavy atom. The third kappa shape index (κ3) is 2.94. The van der Waals surface area contributed by atoms with Crippen molar-refractivity contribution in [2.45, 2.75) is 11.8 Å². The summed E-state index contributed by atoms with van der Waals surface area (Å²) in [4.78, 5) is 13.2. The van der Waals surface area contributed by atoms with E-state index in [-0.39, 0.29) is 16.2 Å². The molecule has 0 spiro atoms. The molecule has 0 radical (unpaired) electrons. The van der Waals surface area contributed by atoms with Crippen LogP contribution < -0.4 is 10.3 Å². The van der Waals surface area contributed by atoms with Crippen LogP contribution in [-0.2, 0) is 10.0 Å². The highest BCUT2D eigenvalue weighted by Gasteiger charge is 2.15. The summed E-state index contributed by atoms with van der Waals surface area (Å²) in [5.41, 5.74) is 0.580. The molecule has 19 heavy (non-hydrogen) atoms. The van der Waals surface area contributed by atoms with E-state index in [0.717, 1.165) is 12.3 Å². The van der Waals surface area contributed by atoms with Gasteiger partial charge in [0.15, 0.2) is 0 Å². The van der Waals surface area contributed by atoms with Gasteiger partial charge in [0.2, 0.25) is 5.56 Å². The Balaban J connectivity index is 2.36. The third-order valence-electron chi connectivity index (χ3n) is 2.52. The number of aromatic amines is 1. The minimum absolute atomic E-state index is 0.0421. The highest BCUT2D eigenvalue weighted by atomic mass is 32.2. The average Bonchev–Trinajstić information content (AvgIpc) is 2.33. The second-order valence-corrected chi connectivity index (χ2v) is 5.68. The number of rotatable bonds is 3. The van der Waals surface area contributed by atoms with E-state index in [2.05, 4.69) is 9.71 Å². The summed E-state index contributed by atoms with van der Waals surface area (Å²) in [5, 5.41) is 9.27. The molecule has 2 rings (SSSR count). The molecule has 1 aromatic heterocycles. The molecular weight excluding hydrogens is 268 g/mol. The van der Waals surface area contributed by atoms with E-state index in [1.54, 1.807) is 6.92 Å². The van der Waals surface area contributed by atoms with Crippen molar-refractivity contribution in [2.24, 2.45) is 0 Å². The fraction of sp³-hybridized carbons (Fsp3) is 0.0833.